The van der Waals surface area contributed by atoms with E-state index >= 15 is 0 Å². The summed E-state index contributed by atoms with van der Waals surface area (Å²) in [5, 5.41) is 0.744. The molecule has 2 amide bonds. The number of hydrogen-bond donors (Lipinski definition) is 0. The van der Waals surface area contributed by atoms with Crippen molar-refractivity contribution in [1.29, 1.82) is 0 Å². The smallest absolute Gasteiger partial charge is 0.254 e. The Balaban J connectivity index is 1.84. The predicted molar refractivity (Wildman–Crippen MR) is 86.9 cm³/mol. The highest BCUT2D eigenvalue weighted by Crippen LogP contribution is 2.18. The first kappa shape index (κ1) is 16.1. The summed E-state index contributed by atoms with van der Waals surface area (Å²) >= 11 is 0. The van der Waals surface area contributed by atoms with E-state index in [-0.39, 0.29) is 25.0 Å². The number of carbonyl (C=O) groups is 3. The summed E-state index contributed by atoms with van der Waals surface area (Å²) in [5.41, 5.74) is 1.38. The summed E-state index contributed by atoms with van der Waals surface area (Å²) in [5.74, 6) is -1.07. The number of hydrogen-bond acceptors (Lipinski definition) is 4. The van der Waals surface area contributed by atoms with Crippen LogP contribution in [0, 0.1) is 0 Å². The molecule has 1 aliphatic rings. The third-order valence-electron chi connectivity index (χ3n) is 3.85. The number of Topliss-reactive ketones (excluding diaryl/α,β-unsaturated/α-hetero) is 1. The molecule has 1 atom stereocenters. The van der Waals surface area contributed by atoms with Gasteiger partial charge in [-0.3, -0.25) is 19.2 Å². The minimum absolute atomic E-state index is 0.121. The molecule has 2 aromatic rings. The minimum Gasteiger partial charge on any atom is -0.291 e. The first-order valence-corrected chi connectivity index (χ1v) is 7.81. The lowest BCUT2D eigenvalue weighted by atomic mass is 10.00. The molecule has 0 aromatic heterocycles. The van der Waals surface area contributed by atoms with E-state index in [4.69, 9.17) is 4.84 Å². The maximum atomic E-state index is 12.8. The quantitative estimate of drug-likeness (QED) is 0.605. The van der Waals surface area contributed by atoms with Gasteiger partial charge >= 0.3 is 0 Å². The van der Waals surface area contributed by atoms with Crippen molar-refractivity contribution < 1.29 is 19.2 Å². The molecule has 1 aliphatic heterocycles. The Bertz CT molecular complexity index is 726. The molecule has 0 spiro atoms. The van der Waals surface area contributed by atoms with Gasteiger partial charge in [-0.15, -0.1) is 0 Å². The molecule has 0 radical (unpaired) electrons. The van der Waals surface area contributed by atoms with Crippen LogP contribution >= 0.6 is 0 Å². The third-order valence-corrected chi connectivity index (χ3v) is 3.85. The molecule has 0 bridgehead atoms. The molecule has 5 heteroatoms. The summed E-state index contributed by atoms with van der Waals surface area (Å²) in [6.07, 6.45) is -0.404. The van der Waals surface area contributed by atoms with Crippen molar-refractivity contribution in [2.75, 3.05) is 0 Å². The fourth-order valence-electron chi connectivity index (χ4n) is 2.60. The topological polar surface area (TPSA) is 63.7 Å². The zero-order valence-electron chi connectivity index (χ0n) is 13.1. The molecule has 24 heavy (non-hydrogen) atoms. The van der Waals surface area contributed by atoms with Crippen molar-refractivity contribution in [1.82, 2.24) is 5.06 Å². The van der Waals surface area contributed by atoms with Gasteiger partial charge in [-0.2, -0.15) is 5.06 Å². The lowest BCUT2D eigenvalue weighted by molar-refractivity contribution is -0.195. The minimum atomic E-state index is -0.930. The highest BCUT2D eigenvalue weighted by atomic mass is 16.7. The molecule has 1 unspecified atom stereocenters. The van der Waals surface area contributed by atoms with Crippen molar-refractivity contribution in [3.05, 3.63) is 71.8 Å². The largest absolute Gasteiger partial charge is 0.291 e. The number of amides is 2. The predicted octanol–water partition coefficient (Wildman–Crippen LogP) is 2.56. The van der Waals surface area contributed by atoms with Crippen molar-refractivity contribution in [3.8, 4) is 0 Å². The lowest BCUT2D eigenvalue weighted by Crippen LogP contribution is -2.39. The molecule has 3 rings (SSSR count). The Morgan fingerprint density at radius 2 is 1.46 bits per heavy atom. The van der Waals surface area contributed by atoms with Crippen molar-refractivity contribution in [2.45, 2.75) is 25.4 Å². The van der Waals surface area contributed by atoms with Crippen LogP contribution in [0.2, 0.25) is 0 Å². The number of nitrogens with zero attached hydrogens (tertiary/aromatic N) is 1. The summed E-state index contributed by atoms with van der Waals surface area (Å²) in [6.45, 7) is 0. The second-order valence-corrected chi connectivity index (χ2v) is 5.60. The second kappa shape index (κ2) is 7.19. The van der Waals surface area contributed by atoms with Gasteiger partial charge in [0, 0.05) is 24.8 Å². The second-order valence-electron chi connectivity index (χ2n) is 5.60. The normalized spacial score (nSPS) is 15.6. The lowest BCUT2D eigenvalue weighted by Gasteiger charge is -2.21. The van der Waals surface area contributed by atoms with Gasteiger partial charge in [-0.1, -0.05) is 60.7 Å². The van der Waals surface area contributed by atoms with Crippen LogP contribution in [0.4, 0.5) is 0 Å². The van der Waals surface area contributed by atoms with E-state index in [9.17, 15) is 14.4 Å². The molecular weight excluding hydrogens is 306 g/mol. The van der Waals surface area contributed by atoms with Crippen LogP contribution in [-0.2, 0) is 20.8 Å². The van der Waals surface area contributed by atoms with Crippen LogP contribution in [0.25, 0.3) is 0 Å². The molecule has 0 N–H and O–H groups in total. The summed E-state index contributed by atoms with van der Waals surface area (Å²) in [7, 11) is 0. The number of imide groups is 1. The maximum absolute atomic E-state index is 12.8. The Labute approximate surface area is 139 Å². The number of rotatable bonds is 6. The van der Waals surface area contributed by atoms with Crippen LogP contribution in [0.5, 0.6) is 0 Å². The van der Waals surface area contributed by atoms with E-state index in [1.807, 2.05) is 36.4 Å². The Morgan fingerprint density at radius 3 is 2.04 bits per heavy atom. The van der Waals surface area contributed by atoms with E-state index in [0.29, 0.717) is 5.56 Å². The Kier molecular flexibility index (Phi) is 4.82. The Morgan fingerprint density at radius 1 is 0.917 bits per heavy atom. The van der Waals surface area contributed by atoms with Crippen molar-refractivity contribution in [2.24, 2.45) is 0 Å². The van der Waals surface area contributed by atoms with Crippen LogP contribution in [0.3, 0.4) is 0 Å². The first-order chi connectivity index (χ1) is 11.6. The fraction of sp³-hybridized carbons (Fsp3) is 0.211. The molecule has 1 fully saturated rings. The van der Waals surface area contributed by atoms with Crippen LogP contribution in [0.1, 0.15) is 28.8 Å². The van der Waals surface area contributed by atoms with E-state index in [2.05, 4.69) is 0 Å². The number of ketones is 1. The monoisotopic (exact) mass is 323 g/mol. The Hall–Kier alpha value is -2.79. The fourth-order valence-corrected chi connectivity index (χ4v) is 2.60. The molecular formula is C19H17NO4. The summed E-state index contributed by atoms with van der Waals surface area (Å²) < 4.78 is 0. The zero-order valence-corrected chi connectivity index (χ0v) is 13.1. The van der Waals surface area contributed by atoms with E-state index in [0.717, 1.165) is 10.6 Å². The first-order valence-electron chi connectivity index (χ1n) is 7.81. The number of hydroxylamine groups is 2. The zero-order chi connectivity index (χ0) is 16.9. The molecule has 122 valence electrons. The molecule has 1 heterocycles. The van der Waals surface area contributed by atoms with Crippen molar-refractivity contribution >= 4 is 17.6 Å². The van der Waals surface area contributed by atoms with Gasteiger partial charge in [-0.25, -0.2) is 0 Å². The summed E-state index contributed by atoms with van der Waals surface area (Å²) in [6, 6.07) is 18.1. The van der Waals surface area contributed by atoms with Crippen LogP contribution < -0.4 is 0 Å². The van der Waals surface area contributed by atoms with Gasteiger partial charge in [0.05, 0.1) is 0 Å². The van der Waals surface area contributed by atoms with Gasteiger partial charge in [0.15, 0.2) is 11.9 Å². The average molecular weight is 323 g/mol. The van der Waals surface area contributed by atoms with Gasteiger partial charge in [0.25, 0.3) is 11.8 Å². The van der Waals surface area contributed by atoms with Gasteiger partial charge < -0.3 is 0 Å². The molecule has 1 saturated heterocycles. The van der Waals surface area contributed by atoms with Gasteiger partial charge in [0.1, 0.15) is 0 Å². The van der Waals surface area contributed by atoms with Gasteiger partial charge in [0.2, 0.25) is 0 Å². The molecule has 0 saturated carbocycles. The van der Waals surface area contributed by atoms with E-state index in [1.54, 1.807) is 24.3 Å². The van der Waals surface area contributed by atoms with Crippen molar-refractivity contribution in [3.63, 3.8) is 0 Å². The highest BCUT2D eigenvalue weighted by Gasteiger charge is 2.35. The highest BCUT2D eigenvalue weighted by molar-refractivity contribution is 6.02. The molecule has 5 nitrogen and oxygen atoms in total. The van der Waals surface area contributed by atoms with Crippen LogP contribution in [-0.4, -0.2) is 28.8 Å². The molecule has 2 aromatic carbocycles. The van der Waals surface area contributed by atoms with E-state index in [1.165, 1.54) is 0 Å². The SMILES string of the molecule is O=C(c1ccccc1)C(Cc1ccccc1)ON1C(=O)CCC1=O. The summed E-state index contributed by atoms with van der Waals surface area (Å²) in [4.78, 5) is 41.9. The third kappa shape index (κ3) is 3.58. The number of benzene rings is 2. The molecule has 0 aliphatic carbocycles. The average Bonchev–Trinajstić information content (AvgIpc) is 2.94. The van der Waals surface area contributed by atoms with Crippen LogP contribution in [0.15, 0.2) is 60.7 Å². The van der Waals surface area contributed by atoms with Gasteiger partial charge in [-0.05, 0) is 5.56 Å². The standard InChI is InChI=1S/C19H17NO4/c21-17-11-12-18(22)20(17)24-16(13-14-7-3-1-4-8-14)19(23)15-9-5-2-6-10-15/h1-10,16H,11-13H2. The maximum Gasteiger partial charge on any atom is 0.254 e. The number of carbonyl (C=O) groups excluding carboxylic acids is 3. The van der Waals surface area contributed by atoms with E-state index < -0.39 is 17.9 Å².